The van der Waals surface area contributed by atoms with Crippen molar-refractivity contribution in [2.75, 3.05) is 12.3 Å². The van der Waals surface area contributed by atoms with Crippen LogP contribution in [0.1, 0.15) is 35.2 Å². The molecule has 4 N–H and O–H groups in total. The largest absolute Gasteiger partial charge is 0.383 e. The lowest BCUT2D eigenvalue weighted by Gasteiger charge is -2.39. The highest BCUT2D eigenvalue weighted by Crippen LogP contribution is 2.43. The SMILES string of the molecule is Cc1cnc(N)c(C(=O)C2(CN)CCC2)c1. The molecule has 1 aromatic heterocycles. The van der Waals surface area contributed by atoms with Gasteiger partial charge in [-0.15, -0.1) is 0 Å². The molecular formula is C12H17N3O. The van der Waals surface area contributed by atoms with E-state index in [4.69, 9.17) is 11.5 Å². The zero-order valence-corrected chi connectivity index (χ0v) is 9.49. The van der Waals surface area contributed by atoms with E-state index in [0.29, 0.717) is 17.9 Å². The van der Waals surface area contributed by atoms with E-state index in [0.717, 1.165) is 24.8 Å². The molecule has 0 spiro atoms. The summed E-state index contributed by atoms with van der Waals surface area (Å²) in [5, 5.41) is 0. The molecular weight excluding hydrogens is 202 g/mol. The molecule has 0 amide bonds. The molecule has 1 saturated carbocycles. The normalized spacial score (nSPS) is 17.9. The van der Waals surface area contributed by atoms with Crippen molar-refractivity contribution >= 4 is 11.6 Å². The maximum Gasteiger partial charge on any atom is 0.173 e. The number of hydrogen-bond acceptors (Lipinski definition) is 4. The first-order valence-electron chi connectivity index (χ1n) is 5.56. The van der Waals surface area contributed by atoms with Crippen LogP contribution in [0.2, 0.25) is 0 Å². The Labute approximate surface area is 95.0 Å². The Kier molecular flexibility index (Phi) is 2.68. The number of pyridine rings is 1. The Balaban J connectivity index is 2.37. The summed E-state index contributed by atoms with van der Waals surface area (Å²) in [6.45, 7) is 2.30. The molecule has 16 heavy (non-hydrogen) atoms. The van der Waals surface area contributed by atoms with Gasteiger partial charge in [-0.3, -0.25) is 4.79 Å². The first-order chi connectivity index (χ1) is 7.59. The number of aryl methyl sites for hydroxylation is 1. The number of nitrogen functional groups attached to an aromatic ring is 1. The number of nitrogens with two attached hydrogens (primary N) is 2. The summed E-state index contributed by atoms with van der Waals surface area (Å²) < 4.78 is 0. The second-order valence-electron chi connectivity index (χ2n) is 4.61. The minimum absolute atomic E-state index is 0.0648. The van der Waals surface area contributed by atoms with E-state index in [1.807, 2.05) is 6.92 Å². The average molecular weight is 219 g/mol. The fourth-order valence-corrected chi connectivity index (χ4v) is 2.17. The van der Waals surface area contributed by atoms with Crippen LogP contribution in [0.3, 0.4) is 0 Å². The zero-order valence-electron chi connectivity index (χ0n) is 9.49. The Bertz CT molecular complexity index is 419. The predicted molar refractivity (Wildman–Crippen MR) is 63.1 cm³/mol. The second kappa shape index (κ2) is 3.87. The van der Waals surface area contributed by atoms with E-state index in [9.17, 15) is 4.79 Å². The summed E-state index contributed by atoms with van der Waals surface area (Å²) in [6.07, 6.45) is 4.48. The van der Waals surface area contributed by atoms with Gasteiger partial charge in [0.1, 0.15) is 5.82 Å². The van der Waals surface area contributed by atoms with Crippen molar-refractivity contribution in [3.05, 3.63) is 23.4 Å². The minimum atomic E-state index is -0.371. The van der Waals surface area contributed by atoms with E-state index in [2.05, 4.69) is 4.98 Å². The van der Waals surface area contributed by atoms with Crippen molar-refractivity contribution in [2.24, 2.45) is 11.1 Å². The monoisotopic (exact) mass is 219 g/mol. The van der Waals surface area contributed by atoms with Gasteiger partial charge in [0.2, 0.25) is 0 Å². The molecule has 0 radical (unpaired) electrons. The summed E-state index contributed by atoms with van der Waals surface area (Å²) in [7, 11) is 0. The minimum Gasteiger partial charge on any atom is -0.383 e. The molecule has 0 atom stereocenters. The van der Waals surface area contributed by atoms with E-state index in [-0.39, 0.29) is 11.2 Å². The molecule has 1 aromatic rings. The van der Waals surface area contributed by atoms with Gasteiger partial charge in [-0.25, -0.2) is 4.98 Å². The zero-order chi connectivity index (χ0) is 11.8. The summed E-state index contributed by atoms with van der Waals surface area (Å²) >= 11 is 0. The van der Waals surface area contributed by atoms with Crippen molar-refractivity contribution in [1.29, 1.82) is 0 Å². The number of carbonyl (C=O) groups excluding carboxylic acids is 1. The molecule has 0 bridgehead atoms. The van der Waals surface area contributed by atoms with Gasteiger partial charge in [0, 0.05) is 18.2 Å². The third kappa shape index (κ3) is 1.59. The van der Waals surface area contributed by atoms with Gasteiger partial charge in [-0.2, -0.15) is 0 Å². The van der Waals surface area contributed by atoms with Crippen LogP contribution in [-0.2, 0) is 0 Å². The summed E-state index contributed by atoms with van der Waals surface area (Å²) in [5.74, 6) is 0.380. The number of aromatic nitrogens is 1. The smallest absolute Gasteiger partial charge is 0.173 e. The van der Waals surface area contributed by atoms with Gasteiger partial charge in [0.25, 0.3) is 0 Å². The molecule has 1 aliphatic carbocycles. The van der Waals surface area contributed by atoms with Crippen molar-refractivity contribution in [3.63, 3.8) is 0 Å². The number of Topliss-reactive ketones (excluding diaryl/α,β-unsaturated/α-hetero) is 1. The molecule has 0 unspecified atom stereocenters. The van der Waals surface area contributed by atoms with E-state index >= 15 is 0 Å². The lowest BCUT2D eigenvalue weighted by atomic mass is 9.64. The van der Waals surface area contributed by atoms with E-state index in [1.54, 1.807) is 12.3 Å². The van der Waals surface area contributed by atoms with Crippen molar-refractivity contribution in [3.8, 4) is 0 Å². The van der Waals surface area contributed by atoms with Crippen LogP contribution in [0, 0.1) is 12.3 Å². The molecule has 1 heterocycles. The second-order valence-corrected chi connectivity index (χ2v) is 4.61. The standard InChI is InChI=1S/C12H17N3O/c1-8-5-9(11(14)15-6-8)10(16)12(7-13)3-2-4-12/h5-6H,2-4,7,13H2,1H3,(H2,14,15). The molecule has 0 saturated heterocycles. The fraction of sp³-hybridized carbons (Fsp3) is 0.500. The molecule has 0 aliphatic heterocycles. The Hall–Kier alpha value is -1.42. The van der Waals surface area contributed by atoms with Crippen LogP contribution >= 0.6 is 0 Å². The maximum atomic E-state index is 12.4. The molecule has 4 nitrogen and oxygen atoms in total. The van der Waals surface area contributed by atoms with Gasteiger partial charge in [-0.1, -0.05) is 6.42 Å². The van der Waals surface area contributed by atoms with Gasteiger partial charge in [0.15, 0.2) is 5.78 Å². The summed E-state index contributed by atoms with van der Waals surface area (Å²) in [5.41, 5.74) is 12.6. The molecule has 2 rings (SSSR count). The van der Waals surface area contributed by atoms with Crippen LogP contribution < -0.4 is 11.5 Å². The highest BCUT2D eigenvalue weighted by Gasteiger charge is 2.43. The first-order valence-corrected chi connectivity index (χ1v) is 5.56. The highest BCUT2D eigenvalue weighted by molar-refractivity contribution is 6.04. The highest BCUT2D eigenvalue weighted by atomic mass is 16.1. The molecule has 1 fully saturated rings. The Morgan fingerprint density at radius 2 is 2.25 bits per heavy atom. The van der Waals surface area contributed by atoms with Crippen molar-refractivity contribution in [2.45, 2.75) is 26.2 Å². The third-order valence-electron chi connectivity index (χ3n) is 3.48. The number of carbonyl (C=O) groups is 1. The quantitative estimate of drug-likeness (QED) is 0.750. The van der Waals surface area contributed by atoms with Crippen molar-refractivity contribution < 1.29 is 4.79 Å². The van der Waals surface area contributed by atoms with Gasteiger partial charge < -0.3 is 11.5 Å². The molecule has 86 valence electrons. The maximum absolute atomic E-state index is 12.4. The fourth-order valence-electron chi connectivity index (χ4n) is 2.17. The molecule has 1 aliphatic rings. The lowest BCUT2D eigenvalue weighted by Crippen LogP contribution is -2.44. The van der Waals surface area contributed by atoms with Crippen molar-refractivity contribution in [1.82, 2.24) is 4.98 Å². The number of nitrogens with zero attached hydrogens (tertiary/aromatic N) is 1. The molecule has 4 heteroatoms. The molecule has 0 aromatic carbocycles. The van der Waals surface area contributed by atoms with Crippen LogP contribution in [0.15, 0.2) is 12.3 Å². The number of anilines is 1. The third-order valence-corrected chi connectivity index (χ3v) is 3.48. The van der Waals surface area contributed by atoms with Gasteiger partial charge in [-0.05, 0) is 31.4 Å². The van der Waals surface area contributed by atoms with E-state index in [1.165, 1.54) is 0 Å². The summed E-state index contributed by atoms with van der Waals surface area (Å²) in [6, 6.07) is 1.81. The first kappa shape index (κ1) is 11.1. The van der Waals surface area contributed by atoms with Gasteiger partial charge in [0.05, 0.1) is 5.56 Å². The number of ketones is 1. The van der Waals surface area contributed by atoms with Gasteiger partial charge >= 0.3 is 0 Å². The Morgan fingerprint density at radius 3 is 2.75 bits per heavy atom. The summed E-state index contributed by atoms with van der Waals surface area (Å²) in [4.78, 5) is 16.4. The van der Waals surface area contributed by atoms with Crippen LogP contribution in [0.5, 0.6) is 0 Å². The van der Waals surface area contributed by atoms with Crippen LogP contribution in [0.4, 0.5) is 5.82 Å². The number of hydrogen-bond donors (Lipinski definition) is 2. The number of rotatable bonds is 3. The predicted octanol–water partition coefficient (Wildman–Crippen LogP) is 1.28. The topological polar surface area (TPSA) is 82.0 Å². The average Bonchev–Trinajstić information content (AvgIpc) is 2.21. The van der Waals surface area contributed by atoms with Crippen LogP contribution in [-0.4, -0.2) is 17.3 Å². The van der Waals surface area contributed by atoms with Crippen LogP contribution in [0.25, 0.3) is 0 Å². The Morgan fingerprint density at radius 1 is 1.56 bits per heavy atom. The van der Waals surface area contributed by atoms with E-state index < -0.39 is 0 Å². The lowest BCUT2D eigenvalue weighted by molar-refractivity contribution is 0.0636.